The van der Waals surface area contributed by atoms with Gasteiger partial charge in [0.15, 0.2) is 0 Å². The highest BCUT2D eigenvalue weighted by Crippen LogP contribution is 2.17. The lowest BCUT2D eigenvalue weighted by atomic mass is 10.0. The summed E-state index contributed by atoms with van der Waals surface area (Å²) in [5.41, 5.74) is 2.50. The Labute approximate surface area is 120 Å². The van der Waals surface area contributed by atoms with Crippen molar-refractivity contribution in [2.75, 3.05) is 19.7 Å². The lowest BCUT2D eigenvalue weighted by Crippen LogP contribution is -2.31. The molecule has 4 nitrogen and oxygen atoms in total. The Balaban J connectivity index is 2.00. The van der Waals surface area contributed by atoms with E-state index in [4.69, 9.17) is 0 Å². The van der Waals surface area contributed by atoms with Crippen LogP contribution in [0, 0.1) is 0 Å². The van der Waals surface area contributed by atoms with Crippen LogP contribution in [0.1, 0.15) is 24.1 Å². The van der Waals surface area contributed by atoms with Gasteiger partial charge in [-0.05, 0) is 11.5 Å². The van der Waals surface area contributed by atoms with Crippen molar-refractivity contribution in [1.29, 1.82) is 0 Å². The summed E-state index contributed by atoms with van der Waals surface area (Å²) in [6.07, 6.45) is 3.70. The first-order valence-electron chi connectivity index (χ1n) is 7.04. The molecule has 2 rings (SSSR count). The van der Waals surface area contributed by atoms with E-state index in [-0.39, 0.29) is 6.61 Å². The third-order valence-electron chi connectivity index (χ3n) is 3.62. The topological polar surface area (TPSA) is 41.3 Å². The minimum Gasteiger partial charge on any atom is -0.395 e. The van der Waals surface area contributed by atoms with E-state index in [9.17, 15) is 5.11 Å². The largest absolute Gasteiger partial charge is 0.395 e. The maximum atomic E-state index is 9.25. The highest BCUT2D eigenvalue weighted by Gasteiger charge is 2.13. The molecule has 0 aliphatic heterocycles. The van der Waals surface area contributed by atoms with Gasteiger partial charge in [-0.3, -0.25) is 4.90 Å². The minimum atomic E-state index is 0.180. The fourth-order valence-electron chi connectivity index (χ4n) is 2.42. The third kappa shape index (κ3) is 3.92. The molecule has 1 N–H and O–H groups in total. The average molecular weight is 273 g/mol. The third-order valence-corrected chi connectivity index (χ3v) is 3.62. The number of aliphatic hydroxyl groups excluding tert-OH is 1. The summed E-state index contributed by atoms with van der Waals surface area (Å²) in [7, 11) is 2.00. The van der Waals surface area contributed by atoms with Gasteiger partial charge in [0.05, 0.1) is 18.6 Å². The number of rotatable bonds is 7. The molecule has 4 heteroatoms. The molecule has 1 heterocycles. The SMILES string of the molecule is CC(CN(CCO)Cc1cncn1C)c1ccccc1. The van der Waals surface area contributed by atoms with Crippen LogP contribution in [0.25, 0.3) is 0 Å². The van der Waals surface area contributed by atoms with Crippen LogP contribution in [0.2, 0.25) is 0 Å². The van der Waals surface area contributed by atoms with Gasteiger partial charge < -0.3 is 9.67 Å². The van der Waals surface area contributed by atoms with Crippen LogP contribution in [-0.2, 0) is 13.6 Å². The van der Waals surface area contributed by atoms with Gasteiger partial charge >= 0.3 is 0 Å². The Morgan fingerprint density at radius 3 is 2.65 bits per heavy atom. The van der Waals surface area contributed by atoms with Crippen LogP contribution in [0.4, 0.5) is 0 Å². The van der Waals surface area contributed by atoms with Crippen molar-refractivity contribution in [2.45, 2.75) is 19.4 Å². The monoisotopic (exact) mass is 273 g/mol. The zero-order chi connectivity index (χ0) is 14.4. The summed E-state index contributed by atoms with van der Waals surface area (Å²) in [6.45, 7) is 4.83. The van der Waals surface area contributed by atoms with Crippen molar-refractivity contribution in [2.24, 2.45) is 7.05 Å². The van der Waals surface area contributed by atoms with E-state index in [0.29, 0.717) is 12.5 Å². The second-order valence-corrected chi connectivity index (χ2v) is 5.27. The summed E-state index contributed by atoms with van der Waals surface area (Å²) < 4.78 is 2.03. The molecule has 0 saturated carbocycles. The quantitative estimate of drug-likeness (QED) is 0.839. The number of benzene rings is 1. The predicted molar refractivity (Wildman–Crippen MR) is 80.4 cm³/mol. The van der Waals surface area contributed by atoms with Gasteiger partial charge in [0.2, 0.25) is 0 Å². The van der Waals surface area contributed by atoms with Crippen molar-refractivity contribution >= 4 is 0 Å². The molecule has 1 aromatic carbocycles. The Kier molecular flexibility index (Phi) is 5.32. The molecular weight excluding hydrogens is 250 g/mol. The lowest BCUT2D eigenvalue weighted by molar-refractivity contribution is 0.181. The number of hydrogen-bond donors (Lipinski definition) is 1. The molecule has 20 heavy (non-hydrogen) atoms. The van der Waals surface area contributed by atoms with Crippen molar-refractivity contribution in [3.63, 3.8) is 0 Å². The van der Waals surface area contributed by atoms with Crippen molar-refractivity contribution in [1.82, 2.24) is 14.5 Å². The number of aliphatic hydroxyl groups is 1. The van der Waals surface area contributed by atoms with Crippen LogP contribution in [0.3, 0.4) is 0 Å². The number of imidazole rings is 1. The first-order chi connectivity index (χ1) is 9.70. The maximum absolute atomic E-state index is 9.25. The first kappa shape index (κ1) is 14.8. The Morgan fingerprint density at radius 1 is 1.30 bits per heavy atom. The van der Waals surface area contributed by atoms with E-state index in [0.717, 1.165) is 13.1 Å². The second-order valence-electron chi connectivity index (χ2n) is 5.27. The number of aryl methyl sites for hydroxylation is 1. The number of hydrogen-bond acceptors (Lipinski definition) is 3. The molecule has 0 radical (unpaired) electrons. The van der Waals surface area contributed by atoms with Crippen LogP contribution in [0.5, 0.6) is 0 Å². The smallest absolute Gasteiger partial charge is 0.0945 e. The van der Waals surface area contributed by atoms with E-state index >= 15 is 0 Å². The molecule has 1 aromatic heterocycles. The van der Waals surface area contributed by atoms with E-state index in [2.05, 4.69) is 41.1 Å². The molecular formula is C16H23N3O. The number of nitrogens with zero attached hydrogens (tertiary/aromatic N) is 3. The molecule has 0 amide bonds. The summed E-state index contributed by atoms with van der Waals surface area (Å²) in [5.74, 6) is 0.441. The summed E-state index contributed by atoms with van der Waals surface area (Å²) in [4.78, 5) is 6.42. The summed E-state index contributed by atoms with van der Waals surface area (Å²) in [5, 5.41) is 9.25. The van der Waals surface area contributed by atoms with Gasteiger partial charge in [0.1, 0.15) is 0 Å². The molecule has 1 unspecified atom stereocenters. The molecule has 0 fully saturated rings. The van der Waals surface area contributed by atoms with E-state index in [1.807, 2.05) is 30.2 Å². The fourth-order valence-corrected chi connectivity index (χ4v) is 2.42. The summed E-state index contributed by atoms with van der Waals surface area (Å²) in [6, 6.07) is 10.5. The van der Waals surface area contributed by atoms with Crippen LogP contribution in [-0.4, -0.2) is 39.3 Å². The van der Waals surface area contributed by atoms with Gasteiger partial charge in [-0.15, -0.1) is 0 Å². The van der Waals surface area contributed by atoms with Crippen LogP contribution >= 0.6 is 0 Å². The zero-order valence-corrected chi connectivity index (χ0v) is 12.2. The minimum absolute atomic E-state index is 0.180. The van der Waals surface area contributed by atoms with Crippen molar-refractivity contribution in [3.05, 3.63) is 54.1 Å². The van der Waals surface area contributed by atoms with Crippen molar-refractivity contribution < 1.29 is 5.11 Å². The lowest BCUT2D eigenvalue weighted by Gasteiger charge is -2.25. The van der Waals surface area contributed by atoms with Crippen LogP contribution < -0.4 is 0 Å². The maximum Gasteiger partial charge on any atom is 0.0945 e. The van der Waals surface area contributed by atoms with E-state index < -0.39 is 0 Å². The highest BCUT2D eigenvalue weighted by molar-refractivity contribution is 5.19. The van der Waals surface area contributed by atoms with Gasteiger partial charge in [0, 0.05) is 32.9 Å². The standard InChI is InChI=1S/C16H23N3O/c1-14(15-6-4-3-5-7-15)11-19(8-9-20)12-16-10-17-13-18(16)2/h3-7,10,13-14,20H,8-9,11-12H2,1-2H3. The van der Waals surface area contributed by atoms with Crippen molar-refractivity contribution in [3.8, 4) is 0 Å². The van der Waals surface area contributed by atoms with E-state index in [1.165, 1.54) is 11.3 Å². The molecule has 1 atom stereocenters. The molecule has 0 saturated heterocycles. The Hall–Kier alpha value is -1.65. The predicted octanol–water partition coefficient (Wildman–Crippen LogP) is 2.02. The number of aromatic nitrogens is 2. The fraction of sp³-hybridized carbons (Fsp3) is 0.438. The Bertz CT molecular complexity index is 509. The average Bonchev–Trinajstić information content (AvgIpc) is 2.85. The van der Waals surface area contributed by atoms with Gasteiger partial charge in [-0.2, -0.15) is 0 Å². The molecule has 0 bridgehead atoms. The van der Waals surface area contributed by atoms with Gasteiger partial charge in [0.25, 0.3) is 0 Å². The first-order valence-corrected chi connectivity index (χ1v) is 7.04. The van der Waals surface area contributed by atoms with Gasteiger partial charge in [-0.1, -0.05) is 37.3 Å². The zero-order valence-electron chi connectivity index (χ0n) is 12.2. The Morgan fingerprint density at radius 2 is 2.05 bits per heavy atom. The molecule has 108 valence electrons. The molecule has 0 aliphatic carbocycles. The molecule has 2 aromatic rings. The second kappa shape index (κ2) is 7.22. The highest BCUT2D eigenvalue weighted by atomic mass is 16.3. The summed E-state index contributed by atoms with van der Waals surface area (Å²) >= 11 is 0. The molecule has 0 aliphatic rings. The normalized spacial score (nSPS) is 12.8. The molecule has 0 spiro atoms. The van der Waals surface area contributed by atoms with Gasteiger partial charge in [-0.25, -0.2) is 4.98 Å². The van der Waals surface area contributed by atoms with E-state index in [1.54, 1.807) is 0 Å². The van der Waals surface area contributed by atoms with Crippen LogP contribution in [0.15, 0.2) is 42.9 Å².